The molecule has 0 aromatic heterocycles. The second-order valence-corrected chi connectivity index (χ2v) is 7.50. The van der Waals surface area contributed by atoms with Crippen molar-refractivity contribution in [3.8, 4) is 5.75 Å². The second-order valence-electron chi connectivity index (χ2n) is 7.06. The maximum absolute atomic E-state index is 12.9. The maximum atomic E-state index is 12.9. The SMILES string of the molecule is CCOC(=O)C1=C(COc2cccc(C)c2C)N(C)C(=O)N[C@H]1c1cccc(Cl)c1. The molecule has 0 fully saturated rings. The molecule has 1 aliphatic rings. The lowest BCUT2D eigenvalue weighted by molar-refractivity contribution is -0.139. The molecule has 2 aromatic carbocycles. The Balaban J connectivity index is 2.06. The number of likely N-dealkylation sites (N-methyl/N-ethyl adjacent to an activating group) is 1. The molecule has 6 nitrogen and oxygen atoms in total. The molecule has 0 saturated carbocycles. The summed E-state index contributed by atoms with van der Waals surface area (Å²) >= 11 is 6.15. The van der Waals surface area contributed by atoms with E-state index in [1.165, 1.54) is 4.90 Å². The van der Waals surface area contributed by atoms with E-state index in [2.05, 4.69) is 5.32 Å². The number of benzene rings is 2. The lowest BCUT2D eigenvalue weighted by Crippen LogP contribution is -2.48. The fourth-order valence-corrected chi connectivity index (χ4v) is 3.54. The molecule has 0 bridgehead atoms. The van der Waals surface area contributed by atoms with Gasteiger partial charge >= 0.3 is 12.0 Å². The first kappa shape index (κ1) is 21.7. The Morgan fingerprint density at radius 2 is 1.93 bits per heavy atom. The fraction of sp³-hybridized carbons (Fsp3) is 0.304. The smallest absolute Gasteiger partial charge is 0.338 e. The van der Waals surface area contributed by atoms with Crippen LogP contribution < -0.4 is 10.1 Å². The van der Waals surface area contributed by atoms with Gasteiger partial charge in [-0.1, -0.05) is 35.9 Å². The van der Waals surface area contributed by atoms with Crippen molar-refractivity contribution in [1.29, 1.82) is 0 Å². The molecule has 0 saturated heterocycles. The number of urea groups is 1. The molecule has 30 heavy (non-hydrogen) atoms. The van der Waals surface area contributed by atoms with Gasteiger partial charge in [-0.3, -0.25) is 4.90 Å². The van der Waals surface area contributed by atoms with E-state index in [-0.39, 0.29) is 19.2 Å². The fourth-order valence-electron chi connectivity index (χ4n) is 3.34. The Hall–Kier alpha value is -2.99. The van der Waals surface area contributed by atoms with Crippen molar-refractivity contribution in [3.63, 3.8) is 0 Å². The van der Waals surface area contributed by atoms with E-state index < -0.39 is 12.0 Å². The summed E-state index contributed by atoms with van der Waals surface area (Å²) in [5.41, 5.74) is 3.56. The summed E-state index contributed by atoms with van der Waals surface area (Å²) in [6, 6.07) is 11.8. The van der Waals surface area contributed by atoms with Crippen molar-refractivity contribution in [2.45, 2.75) is 26.8 Å². The van der Waals surface area contributed by atoms with E-state index in [1.54, 1.807) is 32.2 Å². The monoisotopic (exact) mass is 428 g/mol. The number of hydrogen-bond acceptors (Lipinski definition) is 4. The highest BCUT2D eigenvalue weighted by atomic mass is 35.5. The number of carbonyl (C=O) groups excluding carboxylic acids is 2. The molecular formula is C23H25ClN2O4. The molecule has 2 aromatic rings. The number of carbonyl (C=O) groups is 2. The first-order valence-electron chi connectivity index (χ1n) is 9.72. The van der Waals surface area contributed by atoms with Crippen molar-refractivity contribution in [1.82, 2.24) is 10.2 Å². The zero-order valence-corrected chi connectivity index (χ0v) is 18.2. The highest BCUT2D eigenvalue weighted by Gasteiger charge is 2.37. The van der Waals surface area contributed by atoms with Gasteiger partial charge in [-0.15, -0.1) is 0 Å². The Morgan fingerprint density at radius 3 is 2.63 bits per heavy atom. The van der Waals surface area contributed by atoms with Crippen LogP contribution in [0.3, 0.4) is 0 Å². The molecule has 0 radical (unpaired) electrons. The zero-order valence-electron chi connectivity index (χ0n) is 17.5. The van der Waals surface area contributed by atoms with Crippen LogP contribution in [0.1, 0.15) is 29.7 Å². The van der Waals surface area contributed by atoms with Gasteiger partial charge in [0.25, 0.3) is 0 Å². The van der Waals surface area contributed by atoms with Crippen LogP contribution in [0.2, 0.25) is 5.02 Å². The third-order valence-electron chi connectivity index (χ3n) is 5.17. The van der Waals surface area contributed by atoms with Gasteiger partial charge in [0.15, 0.2) is 0 Å². The highest BCUT2D eigenvalue weighted by Crippen LogP contribution is 2.32. The Kier molecular flexibility index (Phi) is 6.67. The Labute approximate surface area is 181 Å². The van der Waals surface area contributed by atoms with E-state index in [4.69, 9.17) is 21.1 Å². The molecule has 0 unspecified atom stereocenters. The van der Waals surface area contributed by atoms with Gasteiger partial charge < -0.3 is 14.8 Å². The molecule has 1 aliphatic heterocycles. The van der Waals surface area contributed by atoms with Gasteiger partial charge in [0, 0.05) is 12.1 Å². The molecule has 7 heteroatoms. The number of nitrogens with one attached hydrogen (secondary N) is 1. The maximum Gasteiger partial charge on any atom is 0.338 e. The number of rotatable bonds is 6. The number of nitrogens with zero attached hydrogens (tertiary/aromatic N) is 1. The third-order valence-corrected chi connectivity index (χ3v) is 5.41. The van der Waals surface area contributed by atoms with Crippen molar-refractivity contribution in [2.75, 3.05) is 20.3 Å². The summed E-state index contributed by atoms with van der Waals surface area (Å²) < 4.78 is 11.3. The number of amides is 2. The van der Waals surface area contributed by atoms with Gasteiger partial charge in [0.2, 0.25) is 0 Å². The minimum absolute atomic E-state index is 0.0411. The van der Waals surface area contributed by atoms with Crippen molar-refractivity contribution < 1.29 is 19.1 Å². The van der Waals surface area contributed by atoms with Gasteiger partial charge in [-0.05, 0) is 55.7 Å². The third kappa shape index (κ3) is 4.44. The molecule has 1 N–H and O–H groups in total. The topological polar surface area (TPSA) is 67.9 Å². The van der Waals surface area contributed by atoms with Crippen LogP contribution >= 0.6 is 11.6 Å². The van der Waals surface area contributed by atoms with E-state index in [0.717, 1.165) is 11.1 Å². The first-order valence-corrected chi connectivity index (χ1v) is 10.1. The molecule has 1 heterocycles. The zero-order chi connectivity index (χ0) is 21.8. The van der Waals surface area contributed by atoms with E-state index in [9.17, 15) is 9.59 Å². The quantitative estimate of drug-likeness (QED) is 0.685. The lowest BCUT2D eigenvalue weighted by Gasteiger charge is -2.34. The Morgan fingerprint density at radius 1 is 1.20 bits per heavy atom. The van der Waals surface area contributed by atoms with E-state index in [0.29, 0.717) is 27.6 Å². The number of aryl methyl sites for hydroxylation is 1. The number of halogens is 1. The minimum Gasteiger partial charge on any atom is -0.487 e. The molecule has 158 valence electrons. The van der Waals surface area contributed by atoms with Crippen LogP contribution in [0.15, 0.2) is 53.7 Å². The average molecular weight is 429 g/mol. The van der Waals surface area contributed by atoms with E-state index in [1.807, 2.05) is 38.1 Å². The van der Waals surface area contributed by atoms with Crippen LogP contribution in [-0.4, -0.2) is 37.2 Å². The highest BCUT2D eigenvalue weighted by molar-refractivity contribution is 6.30. The summed E-state index contributed by atoms with van der Waals surface area (Å²) in [5, 5.41) is 3.37. The summed E-state index contributed by atoms with van der Waals surface area (Å²) in [5.74, 6) is 0.193. The molecule has 0 spiro atoms. The number of hydrogen-bond donors (Lipinski definition) is 1. The normalized spacial score (nSPS) is 16.4. The predicted molar refractivity (Wildman–Crippen MR) is 116 cm³/mol. The van der Waals surface area contributed by atoms with Crippen LogP contribution in [0, 0.1) is 13.8 Å². The van der Waals surface area contributed by atoms with E-state index >= 15 is 0 Å². The van der Waals surface area contributed by atoms with Crippen LogP contribution in [0.25, 0.3) is 0 Å². The van der Waals surface area contributed by atoms with Crippen molar-refractivity contribution in [3.05, 3.63) is 75.4 Å². The summed E-state index contributed by atoms with van der Waals surface area (Å²) in [4.78, 5) is 27.0. The molecule has 0 aliphatic carbocycles. The standard InChI is InChI=1S/C23H25ClN2O4/c1-5-29-22(27)20-18(13-30-19-11-6-8-14(2)15(19)3)26(4)23(28)25-21(20)16-9-7-10-17(24)12-16/h6-12,21H,5,13H2,1-4H3,(H,25,28)/t21-/m0/s1. The van der Waals surface area contributed by atoms with Gasteiger partial charge in [-0.2, -0.15) is 0 Å². The molecular weight excluding hydrogens is 404 g/mol. The van der Waals surface area contributed by atoms with Gasteiger partial charge in [0.05, 0.1) is 23.9 Å². The average Bonchev–Trinajstić information content (AvgIpc) is 2.71. The van der Waals surface area contributed by atoms with Crippen LogP contribution in [0.4, 0.5) is 4.79 Å². The van der Waals surface area contributed by atoms with Crippen molar-refractivity contribution >= 4 is 23.6 Å². The molecule has 2 amide bonds. The predicted octanol–water partition coefficient (Wildman–Crippen LogP) is 4.55. The number of esters is 1. The summed E-state index contributed by atoms with van der Waals surface area (Å²) in [6.45, 7) is 5.97. The molecule has 3 rings (SSSR count). The minimum atomic E-state index is -0.691. The molecule has 1 atom stereocenters. The first-order chi connectivity index (χ1) is 14.3. The van der Waals surface area contributed by atoms with Crippen LogP contribution in [-0.2, 0) is 9.53 Å². The summed E-state index contributed by atoms with van der Waals surface area (Å²) in [7, 11) is 1.60. The van der Waals surface area contributed by atoms with Gasteiger partial charge in [0.1, 0.15) is 12.4 Å². The Bertz CT molecular complexity index is 1000. The largest absolute Gasteiger partial charge is 0.487 e. The van der Waals surface area contributed by atoms with Crippen molar-refractivity contribution in [2.24, 2.45) is 0 Å². The lowest BCUT2D eigenvalue weighted by atomic mass is 9.94. The van der Waals surface area contributed by atoms with Gasteiger partial charge in [-0.25, -0.2) is 9.59 Å². The second kappa shape index (κ2) is 9.22. The number of ether oxygens (including phenoxy) is 2. The van der Waals surface area contributed by atoms with Crippen LogP contribution in [0.5, 0.6) is 5.75 Å². The summed E-state index contributed by atoms with van der Waals surface area (Å²) in [6.07, 6.45) is 0.